The van der Waals surface area contributed by atoms with Crippen LogP contribution in [0.15, 0.2) is 47.6 Å². The van der Waals surface area contributed by atoms with Crippen molar-refractivity contribution in [2.24, 2.45) is 5.41 Å². The van der Waals surface area contributed by atoms with Crippen LogP contribution in [-0.2, 0) is 26.7 Å². The number of pyridine rings is 1. The van der Waals surface area contributed by atoms with Crippen LogP contribution in [0.1, 0.15) is 50.2 Å². The summed E-state index contributed by atoms with van der Waals surface area (Å²) >= 11 is 0. The van der Waals surface area contributed by atoms with Gasteiger partial charge in [0.25, 0.3) is 0 Å². The van der Waals surface area contributed by atoms with E-state index < -0.39 is 22.7 Å². The number of hydrogen-bond donors (Lipinski definition) is 2. The van der Waals surface area contributed by atoms with Gasteiger partial charge in [-0.2, -0.15) is 4.31 Å². The molecule has 0 bridgehead atoms. The van der Waals surface area contributed by atoms with E-state index in [9.17, 15) is 13.4 Å². The van der Waals surface area contributed by atoms with Crippen molar-refractivity contribution in [1.82, 2.24) is 14.3 Å². The van der Waals surface area contributed by atoms with E-state index in [1.165, 1.54) is 0 Å². The van der Waals surface area contributed by atoms with E-state index in [0.29, 0.717) is 18.0 Å². The molecule has 1 saturated heterocycles. The standard InChI is InChI=1S/C24H28BN3O4S/c1-2-17-3-5-18(6-4-17)33(30,31)28-13-10-23(11-14-28)8-9-24(16-23)21-19-7-12-26-22(19)27-15-20(21)25(29)32-24/h3-7,12,15,29H,2,8-11,13-14,16H2,1H3,(H,26,27). The Morgan fingerprint density at radius 3 is 2.64 bits per heavy atom. The van der Waals surface area contributed by atoms with Gasteiger partial charge in [-0.25, -0.2) is 13.4 Å². The van der Waals surface area contributed by atoms with E-state index in [2.05, 4.69) is 16.9 Å². The third-order valence-corrected chi connectivity index (χ3v) is 10.1. The Balaban J connectivity index is 1.24. The Labute approximate surface area is 194 Å². The topological polar surface area (TPSA) is 95.5 Å². The molecule has 1 saturated carbocycles. The minimum Gasteiger partial charge on any atom is -0.423 e. The number of benzene rings is 1. The summed E-state index contributed by atoms with van der Waals surface area (Å²) in [5.74, 6) is 0. The highest BCUT2D eigenvalue weighted by molar-refractivity contribution is 7.89. The monoisotopic (exact) mass is 465 g/mol. The van der Waals surface area contributed by atoms with Crippen molar-refractivity contribution in [1.29, 1.82) is 0 Å². The lowest BCUT2D eigenvalue weighted by Gasteiger charge is -2.40. The molecule has 0 amide bonds. The number of aromatic amines is 1. The van der Waals surface area contributed by atoms with Gasteiger partial charge in [0.05, 0.1) is 10.5 Å². The van der Waals surface area contributed by atoms with Gasteiger partial charge >= 0.3 is 7.12 Å². The second-order valence-electron chi connectivity index (χ2n) is 9.87. The zero-order chi connectivity index (χ0) is 22.8. The summed E-state index contributed by atoms with van der Waals surface area (Å²) in [6, 6.07) is 9.26. The van der Waals surface area contributed by atoms with Crippen LogP contribution in [0.3, 0.4) is 0 Å². The van der Waals surface area contributed by atoms with Gasteiger partial charge < -0.3 is 14.7 Å². The van der Waals surface area contributed by atoms with E-state index in [-0.39, 0.29) is 5.41 Å². The number of H-pyrrole nitrogens is 1. The molecule has 0 radical (unpaired) electrons. The Morgan fingerprint density at radius 2 is 1.91 bits per heavy atom. The SMILES string of the molecule is CCc1ccc(S(=O)(=O)N2CCC3(CC2)CCC2(C3)OB(O)c3cnc4[nH]ccc4c32)cc1. The molecule has 172 valence electrons. The van der Waals surface area contributed by atoms with Crippen LogP contribution in [0.25, 0.3) is 11.0 Å². The van der Waals surface area contributed by atoms with Gasteiger partial charge in [0, 0.05) is 36.3 Å². The quantitative estimate of drug-likeness (QED) is 0.580. The second-order valence-corrected chi connectivity index (χ2v) is 11.8. The first-order valence-corrected chi connectivity index (χ1v) is 13.2. The van der Waals surface area contributed by atoms with Crippen molar-refractivity contribution in [2.45, 2.75) is 55.9 Å². The van der Waals surface area contributed by atoms with Crippen LogP contribution in [0.4, 0.5) is 0 Å². The van der Waals surface area contributed by atoms with Crippen molar-refractivity contribution >= 4 is 33.6 Å². The highest BCUT2D eigenvalue weighted by Gasteiger charge is 2.57. The third-order valence-electron chi connectivity index (χ3n) is 8.15. The Bertz CT molecular complexity index is 1320. The summed E-state index contributed by atoms with van der Waals surface area (Å²) in [6.07, 6.45) is 8.68. The first-order chi connectivity index (χ1) is 15.9. The van der Waals surface area contributed by atoms with Gasteiger partial charge in [-0.05, 0) is 73.3 Å². The molecular formula is C24H28BN3O4S. The third kappa shape index (κ3) is 3.20. The number of aromatic nitrogens is 2. The molecule has 3 aromatic rings. The number of nitrogens with one attached hydrogen (secondary N) is 1. The zero-order valence-electron chi connectivity index (χ0n) is 18.8. The molecule has 1 aliphatic carbocycles. The highest BCUT2D eigenvalue weighted by Crippen LogP contribution is 2.58. The van der Waals surface area contributed by atoms with Crippen LogP contribution >= 0.6 is 0 Å². The lowest BCUT2D eigenvalue weighted by Crippen LogP contribution is -2.43. The maximum absolute atomic E-state index is 13.2. The van der Waals surface area contributed by atoms with E-state index >= 15 is 0 Å². The van der Waals surface area contributed by atoms with Gasteiger partial charge in [0.1, 0.15) is 5.65 Å². The lowest BCUT2D eigenvalue weighted by atomic mass is 9.74. The van der Waals surface area contributed by atoms with E-state index in [1.54, 1.807) is 22.6 Å². The van der Waals surface area contributed by atoms with E-state index in [4.69, 9.17) is 4.65 Å². The molecule has 9 heteroatoms. The molecule has 3 aliphatic rings. The predicted molar refractivity (Wildman–Crippen MR) is 127 cm³/mol. The number of hydrogen-bond acceptors (Lipinski definition) is 5. The van der Waals surface area contributed by atoms with Gasteiger partial charge in [-0.1, -0.05) is 19.1 Å². The summed E-state index contributed by atoms with van der Waals surface area (Å²) in [4.78, 5) is 7.97. The van der Waals surface area contributed by atoms with Crippen molar-refractivity contribution in [3.63, 3.8) is 0 Å². The maximum Gasteiger partial charge on any atom is 0.493 e. The van der Waals surface area contributed by atoms with Gasteiger partial charge in [0.2, 0.25) is 10.0 Å². The number of aryl methyl sites for hydroxylation is 1. The first kappa shape index (κ1) is 21.3. The van der Waals surface area contributed by atoms with Crippen LogP contribution in [0, 0.1) is 5.41 Å². The molecule has 2 aromatic heterocycles. The summed E-state index contributed by atoms with van der Waals surface area (Å²) in [6.45, 7) is 3.09. The van der Waals surface area contributed by atoms with Crippen LogP contribution in [-0.4, -0.2) is 47.9 Å². The molecule has 2 aliphatic heterocycles. The molecule has 2 fully saturated rings. The fraction of sp³-hybridized carbons (Fsp3) is 0.458. The largest absolute Gasteiger partial charge is 0.493 e. The molecule has 1 unspecified atom stereocenters. The normalized spacial score (nSPS) is 24.8. The summed E-state index contributed by atoms with van der Waals surface area (Å²) in [5.41, 5.74) is 3.25. The van der Waals surface area contributed by atoms with Gasteiger partial charge in [-0.3, -0.25) is 0 Å². The summed E-state index contributed by atoms with van der Waals surface area (Å²) < 4.78 is 34.3. The number of rotatable bonds is 3. The summed E-state index contributed by atoms with van der Waals surface area (Å²) in [7, 11) is -4.45. The number of piperidine rings is 1. The van der Waals surface area contributed by atoms with E-state index in [0.717, 1.165) is 66.1 Å². The fourth-order valence-corrected chi connectivity index (χ4v) is 7.73. The highest BCUT2D eigenvalue weighted by atomic mass is 32.2. The molecule has 7 nitrogen and oxygen atoms in total. The van der Waals surface area contributed by atoms with Crippen LogP contribution in [0.5, 0.6) is 0 Å². The average Bonchev–Trinajstić information content (AvgIpc) is 3.51. The lowest BCUT2D eigenvalue weighted by molar-refractivity contribution is 0.0432. The minimum atomic E-state index is -3.49. The number of nitrogens with zero attached hydrogens (tertiary/aromatic N) is 2. The molecule has 2 N–H and O–H groups in total. The first-order valence-electron chi connectivity index (χ1n) is 11.8. The van der Waals surface area contributed by atoms with Crippen molar-refractivity contribution in [3.8, 4) is 0 Å². The molecule has 1 atom stereocenters. The van der Waals surface area contributed by atoms with Crippen molar-refractivity contribution in [3.05, 3.63) is 53.9 Å². The molecule has 2 spiro atoms. The molecule has 6 rings (SSSR count). The Morgan fingerprint density at radius 1 is 1.15 bits per heavy atom. The van der Waals surface area contributed by atoms with Gasteiger partial charge in [0.15, 0.2) is 0 Å². The van der Waals surface area contributed by atoms with Crippen molar-refractivity contribution < 1.29 is 18.1 Å². The number of fused-ring (bicyclic) bond motifs is 4. The Hall–Kier alpha value is -2.20. The Kier molecular flexibility index (Phi) is 4.79. The smallest absolute Gasteiger partial charge is 0.423 e. The second kappa shape index (κ2) is 7.40. The molecule has 4 heterocycles. The zero-order valence-corrected chi connectivity index (χ0v) is 19.6. The molecule has 33 heavy (non-hydrogen) atoms. The van der Waals surface area contributed by atoms with Gasteiger partial charge in [-0.15, -0.1) is 0 Å². The summed E-state index contributed by atoms with van der Waals surface area (Å²) in [5, 5.41) is 11.7. The average molecular weight is 465 g/mol. The number of sulfonamides is 1. The molecular weight excluding hydrogens is 437 g/mol. The predicted octanol–water partition coefficient (Wildman–Crippen LogP) is 2.69. The van der Waals surface area contributed by atoms with Crippen molar-refractivity contribution in [2.75, 3.05) is 13.1 Å². The van der Waals surface area contributed by atoms with Crippen LogP contribution < -0.4 is 5.46 Å². The minimum absolute atomic E-state index is 0.0192. The fourth-order valence-electron chi connectivity index (χ4n) is 6.29. The maximum atomic E-state index is 13.2. The van der Waals surface area contributed by atoms with E-state index in [1.807, 2.05) is 24.4 Å². The van der Waals surface area contributed by atoms with Crippen LogP contribution in [0.2, 0.25) is 0 Å². The molecule has 1 aromatic carbocycles.